The molecular weight excluding hydrogens is 248 g/mol. The van der Waals surface area contributed by atoms with Crippen LogP contribution in [0, 0.1) is 0 Å². The van der Waals surface area contributed by atoms with Crippen LogP contribution in [-0.4, -0.2) is 6.03 Å². The van der Waals surface area contributed by atoms with Gasteiger partial charge >= 0.3 is 6.03 Å². The van der Waals surface area contributed by atoms with Gasteiger partial charge in [0, 0.05) is 10.7 Å². The molecule has 92 valence electrons. The van der Waals surface area contributed by atoms with Gasteiger partial charge in [0.05, 0.1) is 6.54 Å². The lowest BCUT2D eigenvalue weighted by molar-refractivity contribution is 0.253. The summed E-state index contributed by atoms with van der Waals surface area (Å²) in [5, 5.41) is 0.628. The van der Waals surface area contributed by atoms with Gasteiger partial charge < -0.3 is 5.73 Å². The number of carbonyl (C=O) groups is 1. The molecule has 4 heteroatoms. The Labute approximate surface area is 111 Å². The van der Waals surface area contributed by atoms with Crippen LogP contribution in [0.5, 0.6) is 0 Å². The Morgan fingerprint density at radius 1 is 1.06 bits per heavy atom. The van der Waals surface area contributed by atoms with Crippen molar-refractivity contribution in [3.8, 4) is 0 Å². The molecule has 0 aliphatic heterocycles. The molecule has 0 radical (unpaired) electrons. The second kappa shape index (κ2) is 5.56. The molecule has 2 N–H and O–H groups in total. The Hall–Kier alpha value is -2.00. The standard InChI is InChI=1S/C14H13ClN2O/c15-12-6-8-13(9-7-12)17(14(16)18)10-11-4-2-1-3-5-11/h1-9H,10H2,(H2,16,18). The Morgan fingerprint density at radius 2 is 1.67 bits per heavy atom. The van der Waals surface area contributed by atoms with Gasteiger partial charge in [-0.25, -0.2) is 4.79 Å². The fraction of sp³-hybridized carbons (Fsp3) is 0.0714. The molecule has 2 amide bonds. The zero-order chi connectivity index (χ0) is 13.0. The third-order valence-corrected chi connectivity index (χ3v) is 2.84. The number of rotatable bonds is 3. The number of nitrogens with zero attached hydrogens (tertiary/aromatic N) is 1. The summed E-state index contributed by atoms with van der Waals surface area (Å²) in [6.07, 6.45) is 0. The van der Waals surface area contributed by atoms with Crippen LogP contribution in [0.25, 0.3) is 0 Å². The van der Waals surface area contributed by atoms with E-state index in [1.54, 1.807) is 24.3 Å². The van der Waals surface area contributed by atoms with E-state index in [9.17, 15) is 4.79 Å². The molecule has 0 spiro atoms. The topological polar surface area (TPSA) is 46.3 Å². The van der Waals surface area contributed by atoms with E-state index >= 15 is 0 Å². The molecule has 0 unspecified atom stereocenters. The molecule has 2 aromatic rings. The third-order valence-electron chi connectivity index (χ3n) is 2.59. The molecule has 0 aliphatic carbocycles. The Balaban J connectivity index is 2.24. The Kier molecular flexibility index (Phi) is 3.85. The summed E-state index contributed by atoms with van der Waals surface area (Å²) in [5.74, 6) is 0. The molecular formula is C14H13ClN2O. The van der Waals surface area contributed by atoms with Crippen LogP contribution in [0.1, 0.15) is 5.56 Å². The number of amides is 2. The zero-order valence-corrected chi connectivity index (χ0v) is 10.5. The number of primary amides is 1. The number of benzene rings is 2. The average molecular weight is 261 g/mol. The van der Waals surface area contributed by atoms with Crippen LogP contribution >= 0.6 is 11.6 Å². The number of halogens is 1. The van der Waals surface area contributed by atoms with Gasteiger partial charge in [0.1, 0.15) is 0 Å². The smallest absolute Gasteiger partial charge is 0.319 e. The van der Waals surface area contributed by atoms with E-state index < -0.39 is 6.03 Å². The number of carbonyl (C=O) groups excluding carboxylic acids is 1. The summed E-state index contributed by atoms with van der Waals surface area (Å²) in [6, 6.07) is 16.2. The second-order valence-electron chi connectivity index (χ2n) is 3.89. The number of nitrogens with two attached hydrogens (primary N) is 1. The van der Waals surface area contributed by atoms with Gasteiger partial charge in [0.2, 0.25) is 0 Å². The number of urea groups is 1. The van der Waals surface area contributed by atoms with Gasteiger partial charge in [-0.15, -0.1) is 0 Å². The van der Waals surface area contributed by atoms with Crippen LogP contribution < -0.4 is 10.6 Å². The predicted octanol–water partition coefficient (Wildman–Crippen LogP) is 3.43. The first kappa shape index (κ1) is 12.5. The van der Waals surface area contributed by atoms with Gasteiger partial charge in [0.15, 0.2) is 0 Å². The summed E-state index contributed by atoms with van der Waals surface area (Å²) in [4.78, 5) is 13.0. The molecule has 0 aromatic heterocycles. The maximum Gasteiger partial charge on any atom is 0.319 e. The monoisotopic (exact) mass is 260 g/mol. The van der Waals surface area contributed by atoms with Crippen molar-refractivity contribution >= 4 is 23.3 Å². The van der Waals surface area contributed by atoms with E-state index in [0.29, 0.717) is 11.6 Å². The third kappa shape index (κ3) is 3.02. The van der Waals surface area contributed by atoms with Crippen molar-refractivity contribution in [3.63, 3.8) is 0 Å². The van der Waals surface area contributed by atoms with Crippen LogP contribution in [0.4, 0.5) is 10.5 Å². The lowest BCUT2D eigenvalue weighted by Crippen LogP contribution is -2.35. The number of hydrogen-bond acceptors (Lipinski definition) is 1. The van der Waals surface area contributed by atoms with Crippen molar-refractivity contribution in [1.29, 1.82) is 0 Å². The molecule has 0 fully saturated rings. The van der Waals surface area contributed by atoms with E-state index in [4.69, 9.17) is 17.3 Å². The predicted molar refractivity (Wildman–Crippen MR) is 73.7 cm³/mol. The van der Waals surface area contributed by atoms with Crippen molar-refractivity contribution in [2.75, 3.05) is 4.90 Å². The van der Waals surface area contributed by atoms with Crippen LogP contribution in [-0.2, 0) is 6.54 Å². The fourth-order valence-electron chi connectivity index (χ4n) is 1.68. The molecule has 0 aliphatic rings. The molecule has 2 aromatic carbocycles. The normalized spacial score (nSPS) is 10.1. The molecule has 0 bridgehead atoms. The van der Waals surface area contributed by atoms with E-state index in [-0.39, 0.29) is 0 Å². The highest BCUT2D eigenvalue weighted by Crippen LogP contribution is 2.19. The van der Waals surface area contributed by atoms with Gasteiger partial charge in [-0.2, -0.15) is 0 Å². The fourth-order valence-corrected chi connectivity index (χ4v) is 1.81. The van der Waals surface area contributed by atoms with E-state index in [0.717, 1.165) is 11.3 Å². The van der Waals surface area contributed by atoms with Crippen molar-refractivity contribution in [1.82, 2.24) is 0 Å². The van der Waals surface area contributed by atoms with Crippen LogP contribution in [0.2, 0.25) is 5.02 Å². The first-order valence-corrected chi connectivity index (χ1v) is 5.91. The summed E-state index contributed by atoms with van der Waals surface area (Å²) < 4.78 is 0. The van der Waals surface area contributed by atoms with E-state index in [1.165, 1.54) is 4.90 Å². The van der Waals surface area contributed by atoms with Gasteiger partial charge in [-0.3, -0.25) is 4.90 Å². The highest BCUT2D eigenvalue weighted by molar-refractivity contribution is 6.30. The maximum atomic E-state index is 11.5. The lowest BCUT2D eigenvalue weighted by atomic mass is 10.2. The van der Waals surface area contributed by atoms with Crippen molar-refractivity contribution in [3.05, 3.63) is 65.2 Å². The zero-order valence-electron chi connectivity index (χ0n) is 9.71. The second-order valence-corrected chi connectivity index (χ2v) is 4.32. The van der Waals surface area contributed by atoms with Crippen molar-refractivity contribution in [2.24, 2.45) is 5.73 Å². The molecule has 0 heterocycles. The van der Waals surface area contributed by atoms with Gasteiger partial charge in [-0.05, 0) is 29.8 Å². The first-order valence-electron chi connectivity index (χ1n) is 5.53. The number of hydrogen-bond donors (Lipinski definition) is 1. The highest BCUT2D eigenvalue weighted by atomic mass is 35.5. The minimum absolute atomic E-state index is 0.442. The minimum Gasteiger partial charge on any atom is -0.351 e. The quantitative estimate of drug-likeness (QED) is 0.903. The molecule has 2 rings (SSSR count). The average Bonchev–Trinajstić information content (AvgIpc) is 2.38. The van der Waals surface area contributed by atoms with Gasteiger partial charge in [0.25, 0.3) is 0 Å². The van der Waals surface area contributed by atoms with Crippen molar-refractivity contribution < 1.29 is 4.79 Å². The summed E-state index contributed by atoms with van der Waals surface area (Å²) in [5.41, 5.74) is 7.16. The largest absolute Gasteiger partial charge is 0.351 e. The first-order chi connectivity index (χ1) is 8.66. The van der Waals surface area contributed by atoms with Crippen molar-refractivity contribution in [2.45, 2.75) is 6.54 Å². The van der Waals surface area contributed by atoms with E-state index in [1.807, 2.05) is 30.3 Å². The molecule has 0 saturated heterocycles. The molecule has 0 saturated carbocycles. The summed E-state index contributed by atoms with van der Waals surface area (Å²) in [7, 11) is 0. The highest BCUT2D eigenvalue weighted by Gasteiger charge is 2.12. The van der Waals surface area contributed by atoms with E-state index in [2.05, 4.69) is 0 Å². The summed E-state index contributed by atoms with van der Waals surface area (Å²) >= 11 is 5.82. The maximum absolute atomic E-state index is 11.5. The lowest BCUT2D eigenvalue weighted by Gasteiger charge is -2.20. The number of anilines is 1. The minimum atomic E-state index is -0.485. The van der Waals surface area contributed by atoms with Crippen LogP contribution in [0.3, 0.4) is 0 Å². The Morgan fingerprint density at radius 3 is 2.22 bits per heavy atom. The van der Waals surface area contributed by atoms with Crippen LogP contribution in [0.15, 0.2) is 54.6 Å². The molecule has 18 heavy (non-hydrogen) atoms. The molecule has 0 atom stereocenters. The summed E-state index contributed by atoms with van der Waals surface area (Å²) in [6.45, 7) is 0.442. The Bertz CT molecular complexity index is 525. The van der Waals surface area contributed by atoms with Gasteiger partial charge in [-0.1, -0.05) is 41.9 Å². The molecule has 3 nitrogen and oxygen atoms in total. The SMILES string of the molecule is NC(=O)N(Cc1ccccc1)c1ccc(Cl)cc1.